The summed E-state index contributed by atoms with van der Waals surface area (Å²) < 4.78 is 0.984. The van der Waals surface area contributed by atoms with Crippen LogP contribution in [0.3, 0.4) is 0 Å². The third kappa shape index (κ3) is 2.54. The maximum absolute atomic E-state index is 12.2. The Morgan fingerprint density at radius 1 is 1.40 bits per heavy atom. The third-order valence-corrected chi connectivity index (χ3v) is 4.75. The van der Waals surface area contributed by atoms with Crippen molar-refractivity contribution in [1.29, 1.82) is 0 Å². The number of aliphatic hydroxyl groups excluding tert-OH is 2. The van der Waals surface area contributed by atoms with E-state index < -0.39 is 6.10 Å². The van der Waals surface area contributed by atoms with Gasteiger partial charge >= 0.3 is 0 Å². The Kier molecular flexibility index (Phi) is 3.69. The van der Waals surface area contributed by atoms with Gasteiger partial charge in [0.15, 0.2) is 5.01 Å². The number of carbonyl (C=O) groups excluding carboxylic acids is 1. The minimum atomic E-state index is -0.541. The van der Waals surface area contributed by atoms with E-state index in [1.807, 2.05) is 24.3 Å². The van der Waals surface area contributed by atoms with Crippen LogP contribution in [0.4, 0.5) is 0 Å². The normalized spacial score (nSPS) is 26.0. The van der Waals surface area contributed by atoms with Gasteiger partial charge in [0.1, 0.15) is 0 Å². The monoisotopic (exact) mass is 292 g/mol. The Balaban J connectivity index is 1.70. The summed E-state index contributed by atoms with van der Waals surface area (Å²) in [4.78, 5) is 16.5. The highest BCUT2D eigenvalue weighted by atomic mass is 32.1. The van der Waals surface area contributed by atoms with E-state index >= 15 is 0 Å². The zero-order valence-electron chi connectivity index (χ0n) is 10.8. The molecule has 5 nitrogen and oxygen atoms in total. The molecular formula is C14H16N2O3S. The molecule has 3 atom stereocenters. The molecule has 1 aliphatic carbocycles. The Hall–Kier alpha value is -1.50. The van der Waals surface area contributed by atoms with Crippen LogP contribution in [0.5, 0.6) is 0 Å². The molecule has 0 unspecified atom stereocenters. The van der Waals surface area contributed by atoms with Crippen molar-refractivity contribution in [2.24, 2.45) is 5.92 Å². The third-order valence-electron chi connectivity index (χ3n) is 3.72. The number of aliphatic hydroxyl groups is 2. The molecule has 20 heavy (non-hydrogen) atoms. The smallest absolute Gasteiger partial charge is 0.280 e. The van der Waals surface area contributed by atoms with Crippen LogP contribution in [0.25, 0.3) is 10.2 Å². The van der Waals surface area contributed by atoms with Crippen LogP contribution < -0.4 is 5.32 Å². The molecule has 1 saturated carbocycles. The standard InChI is InChI=1S/C14H16N2O3S/c17-7-8-5-9(6-11(8)18)15-13(19)14-16-10-3-1-2-4-12(10)20-14/h1-4,8-9,11,17-18H,5-7H2,(H,15,19)/t8-,9+,11+/m1/s1. The molecule has 1 fully saturated rings. The molecule has 0 saturated heterocycles. The first-order valence-electron chi connectivity index (χ1n) is 6.62. The van der Waals surface area contributed by atoms with Gasteiger partial charge in [0.05, 0.1) is 16.3 Å². The fourth-order valence-corrected chi connectivity index (χ4v) is 3.50. The Morgan fingerprint density at radius 3 is 2.90 bits per heavy atom. The van der Waals surface area contributed by atoms with Gasteiger partial charge in [-0.05, 0) is 25.0 Å². The lowest BCUT2D eigenvalue weighted by atomic mass is 10.1. The number of hydrogen-bond donors (Lipinski definition) is 3. The molecule has 1 aliphatic rings. The highest BCUT2D eigenvalue weighted by Gasteiger charge is 2.33. The number of benzene rings is 1. The first-order chi connectivity index (χ1) is 9.67. The first-order valence-corrected chi connectivity index (χ1v) is 7.44. The van der Waals surface area contributed by atoms with E-state index in [0.29, 0.717) is 17.8 Å². The van der Waals surface area contributed by atoms with Crippen molar-refractivity contribution >= 4 is 27.5 Å². The van der Waals surface area contributed by atoms with Gasteiger partial charge in [-0.1, -0.05) is 12.1 Å². The fourth-order valence-electron chi connectivity index (χ4n) is 2.63. The molecule has 0 spiro atoms. The van der Waals surface area contributed by atoms with Crippen LogP contribution in [-0.2, 0) is 0 Å². The highest BCUT2D eigenvalue weighted by molar-refractivity contribution is 7.20. The number of fused-ring (bicyclic) bond motifs is 1. The maximum Gasteiger partial charge on any atom is 0.280 e. The van der Waals surface area contributed by atoms with Gasteiger partial charge in [-0.15, -0.1) is 11.3 Å². The SMILES string of the molecule is O=C(N[C@H]1C[C@H](CO)[C@@H](O)C1)c1nc2ccccc2s1. The van der Waals surface area contributed by atoms with Crippen LogP contribution in [-0.4, -0.2) is 39.9 Å². The number of carbonyl (C=O) groups is 1. The van der Waals surface area contributed by atoms with Gasteiger partial charge in [0.2, 0.25) is 0 Å². The van der Waals surface area contributed by atoms with Gasteiger partial charge in [0.25, 0.3) is 5.91 Å². The van der Waals surface area contributed by atoms with Gasteiger partial charge in [0, 0.05) is 18.6 Å². The fraction of sp³-hybridized carbons (Fsp3) is 0.429. The van der Waals surface area contributed by atoms with Gasteiger partial charge in [-0.25, -0.2) is 4.98 Å². The number of amides is 1. The van der Waals surface area contributed by atoms with Crippen molar-refractivity contribution in [3.8, 4) is 0 Å². The van der Waals surface area contributed by atoms with Crippen LogP contribution in [0.2, 0.25) is 0 Å². The molecular weight excluding hydrogens is 276 g/mol. The molecule has 0 radical (unpaired) electrons. The summed E-state index contributed by atoms with van der Waals surface area (Å²) in [6.45, 7) is -0.0469. The lowest BCUT2D eigenvalue weighted by Gasteiger charge is -2.10. The van der Waals surface area contributed by atoms with Crippen molar-refractivity contribution < 1.29 is 15.0 Å². The number of nitrogens with zero attached hydrogens (tertiary/aromatic N) is 1. The van der Waals surface area contributed by atoms with Crippen molar-refractivity contribution in [2.45, 2.75) is 25.0 Å². The minimum Gasteiger partial charge on any atom is -0.396 e. The maximum atomic E-state index is 12.2. The summed E-state index contributed by atoms with van der Waals surface area (Å²) in [5.74, 6) is -0.349. The molecule has 0 bridgehead atoms. The molecule has 1 aromatic carbocycles. The Labute approximate surface area is 120 Å². The molecule has 0 aliphatic heterocycles. The second kappa shape index (κ2) is 5.47. The van der Waals surface area contributed by atoms with Gasteiger partial charge in [-0.2, -0.15) is 0 Å². The molecule has 1 aromatic heterocycles. The van der Waals surface area contributed by atoms with Gasteiger partial charge < -0.3 is 15.5 Å². The lowest BCUT2D eigenvalue weighted by Crippen LogP contribution is -2.33. The number of para-hydroxylation sites is 1. The minimum absolute atomic E-state index is 0.0469. The average Bonchev–Trinajstić information content (AvgIpc) is 3.01. The summed E-state index contributed by atoms with van der Waals surface area (Å²) in [6, 6.07) is 7.53. The Bertz CT molecular complexity index is 595. The number of hydrogen-bond acceptors (Lipinski definition) is 5. The molecule has 3 N–H and O–H groups in total. The van der Waals surface area contributed by atoms with E-state index in [1.165, 1.54) is 11.3 Å². The molecule has 2 aromatic rings. The Morgan fingerprint density at radius 2 is 2.20 bits per heavy atom. The molecule has 6 heteroatoms. The first kappa shape index (κ1) is 13.5. The van der Waals surface area contributed by atoms with E-state index in [2.05, 4.69) is 10.3 Å². The number of aromatic nitrogens is 1. The zero-order valence-corrected chi connectivity index (χ0v) is 11.6. The highest BCUT2D eigenvalue weighted by Crippen LogP contribution is 2.27. The second-order valence-electron chi connectivity index (χ2n) is 5.14. The predicted molar refractivity (Wildman–Crippen MR) is 76.7 cm³/mol. The lowest BCUT2D eigenvalue weighted by molar-refractivity contribution is 0.0903. The van der Waals surface area contributed by atoms with E-state index in [-0.39, 0.29) is 24.5 Å². The zero-order chi connectivity index (χ0) is 14.1. The van der Waals surface area contributed by atoms with Crippen molar-refractivity contribution in [3.63, 3.8) is 0 Å². The van der Waals surface area contributed by atoms with E-state index in [0.717, 1.165) is 10.2 Å². The quantitative estimate of drug-likeness (QED) is 0.793. The molecule has 1 amide bonds. The largest absolute Gasteiger partial charge is 0.396 e. The van der Waals surface area contributed by atoms with E-state index in [1.54, 1.807) is 0 Å². The van der Waals surface area contributed by atoms with Crippen LogP contribution >= 0.6 is 11.3 Å². The summed E-state index contributed by atoms with van der Waals surface area (Å²) in [5, 5.41) is 22.2. The van der Waals surface area contributed by atoms with E-state index in [4.69, 9.17) is 5.11 Å². The summed E-state index contributed by atoms with van der Waals surface area (Å²) in [6.07, 6.45) is 0.552. The van der Waals surface area contributed by atoms with Crippen molar-refractivity contribution in [2.75, 3.05) is 6.61 Å². The molecule has 1 heterocycles. The molecule has 3 rings (SSSR count). The molecule has 106 valence electrons. The topological polar surface area (TPSA) is 82.5 Å². The number of nitrogens with one attached hydrogen (secondary N) is 1. The van der Waals surface area contributed by atoms with Gasteiger partial charge in [-0.3, -0.25) is 4.79 Å². The van der Waals surface area contributed by atoms with Crippen LogP contribution in [0, 0.1) is 5.92 Å². The summed E-state index contributed by atoms with van der Waals surface area (Å²) >= 11 is 1.36. The number of thiazole rings is 1. The predicted octanol–water partition coefficient (Wildman–Crippen LogP) is 1.16. The van der Waals surface area contributed by atoms with E-state index in [9.17, 15) is 9.90 Å². The second-order valence-corrected chi connectivity index (χ2v) is 6.17. The average molecular weight is 292 g/mol. The summed E-state index contributed by atoms with van der Waals surface area (Å²) in [5.41, 5.74) is 0.822. The van der Waals surface area contributed by atoms with Crippen LogP contribution in [0.1, 0.15) is 22.6 Å². The van der Waals surface area contributed by atoms with Crippen LogP contribution in [0.15, 0.2) is 24.3 Å². The van der Waals surface area contributed by atoms with Crippen molar-refractivity contribution in [1.82, 2.24) is 10.3 Å². The number of rotatable bonds is 3. The van der Waals surface area contributed by atoms with Crippen molar-refractivity contribution in [3.05, 3.63) is 29.3 Å². The summed E-state index contributed by atoms with van der Waals surface area (Å²) in [7, 11) is 0.